The summed E-state index contributed by atoms with van der Waals surface area (Å²) in [6.45, 7) is 0. The molecular formula is C48H31NO. The fourth-order valence-corrected chi connectivity index (χ4v) is 7.47. The van der Waals surface area contributed by atoms with Crippen LogP contribution >= 0.6 is 0 Å². The molecule has 0 saturated carbocycles. The summed E-state index contributed by atoms with van der Waals surface area (Å²) in [6.07, 6.45) is 0. The van der Waals surface area contributed by atoms with Gasteiger partial charge in [0.05, 0.1) is 0 Å². The van der Waals surface area contributed by atoms with Gasteiger partial charge in [0.2, 0.25) is 0 Å². The zero-order chi connectivity index (χ0) is 33.0. The monoisotopic (exact) mass is 637 g/mol. The number of nitrogens with zero attached hydrogens (tertiary/aromatic N) is 1. The third-order valence-corrected chi connectivity index (χ3v) is 10.0. The molecule has 9 aromatic carbocycles. The Balaban J connectivity index is 1.06. The van der Waals surface area contributed by atoms with Crippen molar-refractivity contribution in [3.05, 3.63) is 188 Å². The predicted molar refractivity (Wildman–Crippen MR) is 212 cm³/mol. The summed E-state index contributed by atoms with van der Waals surface area (Å²) in [5.41, 5.74) is 9.92. The van der Waals surface area contributed by atoms with E-state index in [-0.39, 0.29) is 0 Å². The molecule has 0 aliphatic carbocycles. The Labute approximate surface area is 290 Å². The van der Waals surface area contributed by atoms with Crippen molar-refractivity contribution in [3.63, 3.8) is 0 Å². The Hall–Kier alpha value is -6.64. The molecule has 0 saturated heterocycles. The molecule has 50 heavy (non-hydrogen) atoms. The minimum Gasteiger partial charge on any atom is -0.456 e. The summed E-state index contributed by atoms with van der Waals surface area (Å²) >= 11 is 0. The maximum absolute atomic E-state index is 6.37. The van der Waals surface area contributed by atoms with Crippen LogP contribution < -0.4 is 4.90 Å². The van der Waals surface area contributed by atoms with E-state index in [9.17, 15) is 0 Å². The van der Waals surface area contributed by atoms with E-state index in [1.807, 2.05) is 0 Å². The molecule has 2 heteroatoms. The predicted octanol–water partition coefficient (Wildman–Crippen LogP) is 13.8. The molecule has 0 unspecified atom stereocenters. The van der Waals surface area contributed by atoms with E-state index in [0.717, 1.165) is 39.0 Å². The Morgan fingerprint density at radius 2 is 0.840 bits per heavy atom. The second-order valence-electron chi connectivity index (χ2n) is 13.0. The molecule has 0 amide bonds. The Kier molecular flexibility index (Phi) is 6.53. The molecule has 1 heterocycles. The van der Waals surface area contributed by atoms with Crippen LogP contribution in [0, 0.1) is 0 Å². The Bertz CT molecular complexity index is 2860. The van der Waals surface area contributed by atoms with Gasteiger partial charge in [-0.25, -0.2) is 0 Å². The standard InChI is InChI=1S/C48H31NO/c1-2-10-37-28-41(25-22-32(37)8-1)49(42-26-27-47-46(31-42)45-29-38-11-3-4-12-39(38)30-48(45)50-47)40-23-20-34(21-24-40)33-16-18-36(19-17-33)44-15-7-13-35-9-5-6-14-43(35)44/h1-31H. The van der Waals surface area contributed by atoms with Gasteiger partial charge in [0, 0.05) is 27.8 Å². The molecule has 0 atom stereocenters. The third kappa shape index (κ3) is 4.81. The van der Waals surface area contributed by atoms with Crippen LogP contribution in [0.5, 0.6) is 0 Å². The van der Waals surface area contributed by atoms with E-state index in [1.165, 1.54) is 54.6 Å². The summed E-state index contributed by atoms with van der Waals surface area (Å²) in [6, 6.07) is 67.6. The molecule has 0 spiro atoms. The number of fused-ring (bicyclic) bond motifs is 6. The van der Waals surface area contributed by atoms with Crippen molar-refractivity contribution >= 4 is 71.3 Å². The highest BCUT2D eigenvalue weighted by Gasteiger charge is 2.17. The van der Waals surface area contributed by atoms with E-state index in [0.29, 0.717) is 0 Å². The van der Waals surface area contributed by atoms with Crippen LogP contribution in [0.15, 0.2) is 192 Å². The maximum atomic E-state index is 6.37. The molecular weight excluding hydrogens is 607 g/mol. The van der Waals surface area contributed by atoms with Crippen LogP contribution in [0.4, 0.5) is 17.1 Å². The first kappa shape index (κ1) is 28.4. The minimum atomic E-state index is 0.889. The first-order valence-corrected chi connectivity index (χ1v) is 17.1. The Morgan fingerprint density at radius 3 is 1.62 bits per heavy atom. The highest BCUT2D eigenvalue weighted by molar-refractivity contribution is 6.11. The summed E-state index contributed by atoms with van der Waals surface area (Å²) in [7, 11) is 0. The molecule has 10 aromatic rings. The van der Waals surface area contributed by atoms with Crippen molar-refractivity contribution in [1.29, 1.82) is 0 Å². The largest absolute Gasteiger partial charge is 0.456 e. The van der Waals surface area contributed by atoms with Crippen LogP contribution in [0.25, 0.3) is 76.5 Å². The molecule has 0 aliphatic heterocycles. The first-order valence-electron chi connectivity index (χ1n) is 17.1. The molecule has 2 nitrogen and oxygen atoms in total. The average Bonchev–Trinajstić information content (AvgIpc) is 3.54. The number of hydrogen-bond acceptors (Lipinski definition) is 2. The van der Waals surface area contributed by atoms with Crippen LogP contribution in [0.3, 0.4) is 0 Å². The number of benzene rings is 9. The van der Waals surface area contributed by atoms with Gasteiger partial charge in [-0.15, -0.1) is 0 Å². The lowest BCUT2D eigenvalue weighted by molar-refractivity contribution is 0.669. The van der Waals surface area contributed by atoms with Crippen molar-refractivity contribution in [2.45, 2.75) is 0 Å². The van der Waals surface area contributed by atoms with Crippen LogP contribution in [-0.4, -0.2) is 0 Å². The average molecular weight is 638 g/mol. The van der Waals surface area contributed by atoms with E-state index >= 15 is 0 Å². The van der Waals surface area contributed by atoms with E-state index in [2.05, 4.69) is 193 Å². The molecule has 234 valence electrons. The zero-order valence-corrected chi connectivity index (χ0v) is 27.3. The van der Waals surface area contributed by atoms with Gasteiger partial charge >= 0.3 is 0 Å². The van der Waals surface area contributed by atoms with Gasteiger partial charge in [-0.05, 0) is 109 Å². The summed E-state index contributed by atoms with van der Waals surface area (Å²) in [5.74, 6) is 0. The molecule has 0 aliphatic rings. The van der Waals surface area contributed by atoms with Gasteiger partial charge in [-0.2, -0.15) is 0 Å². The van der Waals surface area contributed by atoms with Gasteiger partial charge in [0.25, 0.3) is 0 Å². The van der Waals surface area contributed by atoms with Gasteiger partial charge in [0.15, 0.2) is 0 Å². The lowest BCUT2D eigenvalue weighted by Crippen LogP contribution is -2.09. The third-order valence-electron chi connectivity index (χ3n) is 10.0. The second kappa shape index (κ2) is 11.5. The molecule has 0 fully saturated rings. The van der Waals surface area contributed by atoms with E-state index < -0.39 is 0 Å². The number of furan rings is 1. The molecule has 0 N–H and O–H groups in total. The normalized spacial score (nSPS) is 11.6. The van der Waals surface area contributed by atoms with E-state index in [4.69, 9.17) is 4.42 Å². The molecule has 10 rings (SSSR count). The molecule has 0 bridgehead atoms. The van der Waals surface area contributed by atoms with E-state index in [1.54, 1.807) is 0 Å². The van der Waals surface area contributed by atoms with Gasteiger partial charge in [0.1, 0.15) is 11.2 Å². The van der Waals surface area contributed by atoms with Gasteiger partial charge < -0.3 is 9.32 Å². The van der Waals surface area contributed by atoms with Crippen molar-refractivity contribution in [1.82, 2.24) is 0 Å². The summed E-state index contributed by atoms with van der Waals surface area (Å²) in [4.78, 5) is 2.35. The van der Waals surface area contributed by atoms with Crippen LogP contribution in [-0.2, 0) is 0 Å². The van der Waals surface area contributed by atoms with Crippen molar-refractivity contribution in [3.8, 4) is 22.3 Å². The second-order valence-corrected chi connectivity index (χ2v) is 13.0. The molecule has 1 aromatic heterocycles. The topological polar surface area (TPSA) is 16.4 Å². The number of rotatable bonds is 5. The van der Waals surface area contributed by atoms with Crippen molar-refractivity contribution < 1.29 is 4.42 Å². The minimum absolute atomic E-state index is 0.889. The van der Waals surface area contributed by atoms with Crippen LogP contribution in [0.1, 0.15) is 0 Å². The fraction of sp³-hybridized carbons (Fsp3) is 0. The van der Waals surface area contributed by atoms with Gasteiger partial charge in [-0.1, -0.05) is 133 Å². The summed E-state index contributed by atoms with van der Waals surface area (Å²) < 4.78 is 6.37. The van der Waals surface area contributed by atoms with Crippen LogP contribution in [0.2, 0.25) is 0 Å². The maximum Gasteiger partial charge on any atom is 0.136 e. The lowest BCUT2D eigenvalue weighted by Gasteiger charge is -2.26. The highest BCUT2D eigenvalue weighted by Crippen LogP contribution is 2.41. The highest BCUT2D eigenvalue weighted by atomic mass is 16.3. The molecule has 0 radical (unpaired) electrons. The quantitative estimate of drug-likeness (QED) is 0.187. The first-order chi connectivity index (χ1) is 24.7. The van der Waals surface area contributed by atoms with Gasteiger partial charge in [-0.3, -0.25) is 0 Å². The smallest absolute Gasteiger partial charge is 0.136 e. The van der Waals surface area contributed by atoms with Crippen molar-refractivity contribution in [2.24, 2.45) is 0 Å². The zero-order valence-electron chi connectivity index (χ0n) is 27.3. The fourth-order valence-electron chi connectivity index (χ4n) is 7.47. The Morgan fingerprint density at radius 1 is 0.300 bits per heavy atom. The number of hydrogen-bond donors (Lipinski definition) is 0. The number of anilines is 3. The summed E-state index contributed by atoms with van der Waals surface area (Å²) in [5, 5.41) is 9.59. The van der Waals surface area contributed by atoms with Crippen molar-refractivity contribution in [2.75, 3.05) is 4.90 Å². The lowest BCUT2D eigenvalue weighted by atomic mass is 9.96. The SMILES string of the molecule is c1ccc2cc(N(c3ccc(-c4ccc(-c5cccc6ccccc56)cc4)cc3)c3ccc4oc5cc6ccccc6cc5c4c3)ccc2c1.